The number of aliphatic carboxylic acids is 1. The van der Waals surface area contributed by atoms with Gasteiger partial charge in [0.1, 0.15) is 0 Å². The summed E-state index contributed by atoms with van der Waals surface area (Å²) in [6.07, 6.45) is 1.34. The van der Waals surface area contributed by atoms with Crippen LogP contribution in [-0.2, 0) is 9.59 Å². The van der Waals surface area contributed by atoms with Crippen LogP contribution in [0.2, 0.25) is 0 Å². The van der Waals surface area contributed by atoms with E-state index in [0.717, 1.165) is 12.0 Å². The maximum Gasteiger partial charge on any atom is 0.307 e. The van der Waals surface area contributed by atoms with Gasteiger partial charge in [-0.3, -0.25) is 9.59 Å². The van der Waals surface area contributed by atoms with Crippen LogP contribution in [0, 0.1) is 17.8 Å². The van der Waals surface area contributed by atoms with Gasteiger partial charge in [0.05, 0.1) is 17.9 Å². The summed E-state index contributed by atoms with van der Waals surface area (Å²) >= 11 is 1.48. The number of nitrogens with one attached hydrogen (secondary N) is 1. The number of carbonyl (C=O) groups is 2. The van der Waals surface area contributed by atoms with Crippen molar-refractivity contribution in [1.82, 2.24) is 5.32 Å². The molecule has 1 aliphatic carbocycles. The van der Waals surface area contributed by atoms with Gasteiger partial charge in [-0.05, 0) is 41.1 Å². The molecule has 1 saturated carbocycles. The van der Waals surface area contributed by atoms with Crippen molar-refractivity contribution in [1.29, 1.82) is 0 Å². The molecule has 2 rings (SSSR count). The standard InChI is InChI=1S/C15H21NO4S/c1-2-9-5-11(12(6-9)15(19)20)14(18)16-7-13(17)10-3-4-21-8-10/h3-4,8-9,11-13,17H,2,5-7H2,1H3,(H,16,18)(H,19,20)/t9?,11-,12+,13?/m0/s1. The number of hydrogen-bond donors (Lipinski definition) is 3. The van der Waals surface area contributed by atoms with Crippen molar-refractivity contribution in [3.8, 4) is 0 Å². The molecular formula is C15H21NO4S. The third kappa shape index (κ3) is 3.83. The average molecular weight is 311 g/mol. The Morgan fingerprint density at radius 1 is 1.43 bits per heavy atom. The molecule has 0 aromatic carbocycles. The number of aliphatic hydroxyl groups excluding tert-OH is 1. The Hall–Kier alpha value is -1.40. The van der Waals surface area contributed by atoms with Crippen LogP contribution in [0.4, 0.5) is 0 Å². The van der Waals surface area contributed by atoms with Crippen molar-refractivity contribution < 1.29 is 19.8 Å². The first-order valence-electron chi connectivity index (χ1n) is 7.23. The first-order chi connectivity index (χ1) is 10.0. The number of carboxylic acids is 1. The van der Waals surface area contributed by atoms with Gasteiger partial charge in [0, 0.05) is 6.54 Å². The Labute approximate surface area is 128 Å². The first kappa shape index (κ1) is 16.0. The van der Waals surface area contributed by atoms with E-state index in [9.17, 15) is 19.8 Å². The van der Waals surface area contributed by atoms with Gasteiger partial charge < -0.3 is 15.5 Å². The molecule has 1 heterocycles. The Morgan fingerprint density at radius 3 is 2.71 bits per heavy atom. The quantitative estimate of drug-likeness (QED) is 0.750. The molecule has 5 nitrogen and oxygen atoms in total. The number of rotatable bonds is 6. The molecular weight excluding hydrogens is 290 g/mol. The minimum Gasteiger partial charge on any atom is -0.481 e. The molecule has 6 heteroatoms. The summed E-state index contributed by atoms with van der Waals surface area (Å²) < 4.78 is 0. The van der Waals surface area contributed by atoms with Crippen molar-refractivity contribution in [2.75, 3.05) is 6.54 Å². The van der Waals surface area contributed by atoms with E-state index in [4.69, 9.17) is 0 Å². The van der Waals surface area contributed by atoms with Gasteiger partial charge >= 0.3 is 5.97 Å². The number of aliphatic hydroxyl groups is 1. The van der Waals surface area contributed by atoms with E-state index in [-0.39, 0.29) is 12.5 Å². The highest BCUT2D eigenvalue weighted by atomic mass is 32.1. The molecule has 1 aromatic rings. The molecule has 116 valence electrons. The molecule has 2 unspecified atom stereocenters. The fourth-order valence-electron chi connectivity index (χ4n) is 2.95. The Bertz CT molecular complexity index is 488. The fourth-order valence-corrected chi connectivity index (χ4v) is 3.66. The number of amides is 1. The number of thiophene rings is 1. The predicted molar refractivity (Wildman–Crippen MR) is 79.9 cm³/mol. The van der Waals surface area contributed by atoms with Crippen LogP contribution in [0.1, 0.15) is 37.9 Å². The second-order valence-corrected chi connectivity index (χ2v) is 6.39. The highest BCUT2D eigenvalue weighted by Gasteiger charge is 2.42. The third-order valence-corrected chi connectivity index (χ3v) is 4.99. The van der Waals surface area contributed by atoms with Crippen molar-refractivity contribution in [2.45, 2.75) is 32.3 Å². The highest BCUT2D eigenvalue weighted by molar-refractivity contribution is 7.07. The van der Waals surface area contributed by atoms with Crippen LogP contribution in [-0.4, -0.2) is 28.6 Å². The topological polar surface area (TPSA) is 86.6 Å². The van der Waals surface area contributed by atoms with Crippen LogP contribution in [0.5, 0.6) is 0 Å². The summed E-state index contributed by atoms with van der Waals surface area (Å²) in [6.45, 7) is 2.14. The minimum atomic E-state index is -0.899. The predicted octanol–water partition coefficient (Wildman–Crippen LogP) is 2.03. The second kappa shape index (κ2) is 7.04. The second-order valence-electron chi connectivity index (χ2n) is 5.61. The zero-order valence-electron chi connectivity index (χ0n) is 12.0. The monoisotopic (exact) mass is 311 g/mol. The molecule has 4 atom stereocenters. The lowest BCUT2D eigenvalue weighted by molar-refractivity contribution is -0.146. The Kier molecular flexibility index (Phi) is 5.36. The zero-order chi connectivity index (χ0) is 15.4. The average Bonchev–Trinajstić information content (AvgIpc) is 3.12. The van der Waals surface area contributed by atoms with Crippen LogP contribution in [0.15, 0.2) is 16.8 Å². The van der Waals surface area contributed by atoms with Crippen molar-refractivity contribution in [3.05, 3.63) is 22.4 Å². The molecule has 0 aliphatic heterocycles. The molecule has 1 aromatic heterocycles. The summed E-state index contributed by atoms with van der Waals surface area (Å²) in [5.41, 5.74) is 0.771. The summed E-state index contributed by atoms with van der Waals surface area (Å²) in [4.78, 5) is 23.5. The van der Waals surface area contributed by atoms with E-state index in [1.54, 1.807) is 0 Å². The summed E-state index contributed by atoms with van der Waals surface area (Å²) in [5, 5.41) is 25.6. The minimum absolute atomic E-state index is 0.120. The van der Waals surface area contributed by atoms with Gasteiger partial charge in [-0.25, -0.2) is 0 Å². The van der Waals surface area contributed by atoms with E-state index in [1.165, 1.54) is 11.3 Å². The van der Waals surface area contributed by atoms with Crippen molar-refractivity contribution >= 4 is 23.2 Å². The maximum atomic E-state index is 12.2. The van der Waals surface area contributed by atoms with Crippen LogP contribution in [0.3, 0.4) is 0 Å². The Morgan fingerprint density at radius 2 is 2.14 bits per heavy atom. The van der Waals surface area contributed by atoms with Gasteiger partial charge in [0.25, 0.3) is 0 Å². The molecule has 0 bridgehead atoms. The van der Waals surface area contributed by atoms with Gasteiger partial charge in [-0.2, -0.15) is 11.3 Å². The molecule has 0 saturated heterocycles. The lowest BCUT2D eigenvalue weighted by Crippen LogP contribution is -2.37. The zero-order valence-corrected chi connectivity index (χ0v) is 12.8. The van der Waals surface area contributed by atoms with E-state index >= 15 is 0 Å². The Balaban J connectivity index is 1.91. The number of carboxylic acid groups (broad SMARTS) is 1. The van der Waals surface area contributed by atoms with Crippen LogP contribution in [0.25, 0.3) is 0 Å². The third-order valence-electron chi connectivity index (χ3n) is 4.29. The lowest BCUT2D eigenvalue weighted by atomic mass is 9.95. The van der Waals surface area contributed by atoms with Gasteiger partial charge in [0.15, 0.2) is 0 Å². The van der Waals surface area contributed by atoms with Gasteiger partial charge in [0.2, 0.25) is 5.91 Å². The molecule has 1 aliphatic rings. The molecule has 0 radical (unpaired) electrons. The normalized spacial score (nSPS) is 26.5. The van der Waals surface area contributed by atoms with E-state index in [1.807, 2.05) is 23.8 Å². The smallest absolute Gasteiger partial charge is 0.307 e. The molecule has 3 N–H and O–H groups in total. The fraction of sp³-hybridized carbons (Fsp3) is 0.600. The largest absolute Gasteiger partial charge is 0.481 e. The first-order valence-corrected chi connectivity index (χ1v) is 8.17. The SMILES string of the molecule is CCC1C[C@H](C(=O)NCC(O)c2ccsc2)[C@H](C(=O)O)C1. The van der Waals surface area contributed by atoms with E-state index < -0.39 is 23.9 Å². The number of hydrogen-bond acceptors (Lipinski definition) is 4. The van der Waals surface area contributed by atoms with Crippen LogP contribution >= 0.6 is 11.3 Å². The molecule has 0 spiro atoms. The van der Waals surface area contributed by atoms with Gasteiger partial charge in [-0.15, -0.1) is 0 Å². The summed E-state index contributed by atoms with van der Waals surface area (Å²) in [7, 11) is 0. The molecule has 1 fully saturated rings. The van der Waals surface area contributed by atoms with E-state index in [0.29, 0.717) is 18.8 Å². The van der Waals surface area contributed by atoms with Crippen LogP contribution < -0.4 is 5.32 Å². The van der Waals surface area contributed by atoms with E-state index in [2.05, 4.69) is 5.32 Å². The van der Waals surface area contributed by atoms with Crippen molar-refractivity contribution in [3.63, 3.8) is 0 Å². The summed E-state index contributed by atoms with van der Waals surface area (Å²) in [6, 6.07) is 1.81. The van der Waals surface area contributed by atoms with Crippen molar-refractivity contribution in [2.24, 2.45) is 17.8 Å². The molecule has 1 amide bonds. The summed E-state index contributed by atoms with van der Waals surface area (Å²) in [5.74, 6) is -1.95. The van der Waals surface area contributed by atoms with Gasteiger partial charge in [-0.1, -0.05) is 13.3 Å². The molecule has 21 heavy (non-hydrogen) atoms. The lowest BCUT2D eigenvalue weighted by Gasteiger charge is -2.17. The maximum absolute atomic E-state index is 12.2. The number of carbonyl (C=O) groups excluding carboxylic acids is 1. The highest BCUT2D eigenvalue weighted by Crippen LogP contribution is 2.38.